The second-order valence-corrected chi connectivity index (χ2v) is 7.93. The van der Waals surface area contributed by atoms with E-state index in [-0.39, 0.29) is 11.9 Å². The number of halogens is 1. The Hall–Kier alpha value is -2.44. The zero-order chi connectivity index (χ0) is 19.5. The molecule has 6 heteroatoms. The Morgan fingerprint density at radius 3 is 2.25 bits per heavy atom. The fourth-order valence-corrected chi connectivity index (χ4v) is 3.97. The lowest BCUT2D eigenvalue weighted by atomic mass is 9.96. The summed E-state index contributed by atoms with van der Waals surface area (Å²) in [7, 11) is 0. The SMILES string of the molecule is Cc1cc(C(=O)N2CCN(C(c3ccccc3)c3ccc(Br)cc3)CC2)no1. The van der Waals surface area contributed by atoms with E-state index in [4.69, 9.17) is 4.52 Å². The molecule has 3 aromatic rings. The maximum Gasteiger partial charge on any atom is 0.276 e. The third-order valence-corrected chi connectivity index (χ3v) is 5.64. The maximum absolute atomic E-state index is 12.6. The van der Waals surface area contributed by atoms with Crippen LogP contribution in [0.15, 0.2) is 69.7 Å². The lowest BCUT2D eigenvalue weighted by Gasteiger charge is -2.39. The molecule has 0 aliphatic carbocycles. The van der Waals surface area contributed by atoms with Gasteiger partial charge in [0.05, 0.1) is 6.04 Å². The Balaban J connectivity index is 1.52. The molecule has 1 aliphatic heterocycles. The van der Waals surface area contributed by atoms with Gasteiger partial charge >= 0.3 is 0 Å². The molecule has 0 bridgehead atoms. The molecule has 4 rings (SSSR count). The van der Waals surface area contributed by atoms with Crippen molar-refractivity contribution < 1.29 is 9.32 Å². The average molecular weight is 440 g/mol. The Kier molecular flexibility index (Phi) is 5.59. The van der Waals surface area contributed by atoms with Crippen LogP contribution >= 0.6 is 15.9 Å². The summed E-state index contributed by atoms with van der Waals surface area (Å²) in [6.07, 6.45) is 0. The highest BCUT2D eigenvalue weighted by atomic mass is 79.9. The molecule has 144 valence electrons. The molecule has 1 atom stereocenters. The maximum atomic E-state index is 12.6. The van der Waals surface area contributed by atoms with Crippen LogP contribution in [0.4, 0.5) is 0 Å². The standard InChI is InChI=1S/C22H22BrN3O2/c1-16-15-20(24-28-16)22(27)26-13-11-25(12-14-26)21(17-5-3-2-4-6-17)18-7-9-19(23)10-8-18/h2-10,15,21H,11-14H2,1H3. The summed E-state index contributed by atoms with van der Waals surface area (Å²) in [5, 5.41) is 3.86. The van der Waals surface area contributed by atoms with E-state index < -0.39 is 0 Å². The molecule has 5 nitrogen and oxygen atoms in total. The number of benzene rings is 2. The van der Waals surface area contributed by atoms with Crippen LogP contribution in [0.1, 0.15) is 33.4 Å². The topological polar surface area (TPSA) is 49.6 Å². The quantitative estimate of drug-likeness (QED) is 0.608. The van der Waals surface area contributed by atoms with Crippen molar-refractivity contribution in [2.24, 2.45) is 0 Å². The fraction of sp³-hybridized carbons (Fsp3) is 0.273. The molecule has 2 heterocycles. The number of carbonyl (C=O) groups excluding carboxylic acids is 1. The monoisotopic (exact) mass is 439 g/mol. The molecule has 0 radical (unpaired) electrons. The Morgan fingerprint density at radius 1 is 1.00 bits per heavy atom. The molecule has 1 saturated heterocycles. The number of nitrogens with zero attached hydrogens (tertiary/aromatic N) is 3. The van der Waals surface area contributed by atoms with E-state index in [1.165, 1.54) is 11.1 Å². The molecule has 0 spiro atoms. The van der Waals surface area contributed by atoms with Crippen molar-refractivity contribution in [2.45, 2.75) is 13.0 Å². The van der Waals surface area contributed by atoms with Gasteiger partial charge in [0, 0.05) is 36.7 Å². The lowest BCUT2D eigenvalue weighted by Crippen LogP contribution is -2.50. The van der Waals surface area contributed by atoms with E-state index in [1.54, 1.807) is 13.0 Å². The number of amides is 1. The van der Waals surface area contributed by atoms with E-state index in [1.807, 2.05) is 11.0 Å². The van der Waals surface area contributed by atoms with Crippen molar-refractivity contribution in [3.63, 3.8) is 0 Å². The fourth-order valence-electron chi connectivity index (χ4n) is 3.71. The largest absolute Gasteiger partial charge is 0.361 e. The molecule has 0 saturated carbocycles. The first-order chi connectivity index (χ1) is 13.6. The van der Waals surface area contributed by atoms with Crippen molar-refractivity contribution >= 4 is 21.8 Å². The van der Waals surface area contributed by atoms with Gasteiger partial charge in [-0.2, -0.15) is 0 Å². The van der Waals surface area contributed by atoms with Crippen molar-refractivity contribution in [2.75, 3.05) is 26.2 Å². The number of carbonyl (C=O) groups is 1. The molecule has 2 aromatic carbocycles. The van der Waals surface area contributed by atoms with Gasteiger partial charge < -0.3 is 9.42 Å². The summed E-state index contributed by atoms with van der Waals surface area (Å²) in [5.41, 5.74) is 2.90. The van der Waals surface area contributed by atoms with E-state index in [9.17, 15) is 4.79 Å². The summed E-state index contributed by atoms with van der Waals surface area (Å²) in [6, 6.07) is 20.9. The van der Waals surface area contributed by atoms with E-state index in [0.29, 0.717) is 24.5 Å². The van der Waals surface area contributed by atoms with Gasteiger partial charge in [-0.1, -0.05) is 63.6 Å². The highest BCUT2D eigenvalue weighted by molar-refractivity contribution is 9.10. The van der Waals surface area contributed by atoms with Crippen LogP contribution in [0.3, 0.4) is 0 Å². The van der Waals surface area contributed by atoms with Gasteiger partial charge in [-0.05, 0) is 30.2 Å². The van der Waals surface area contributed by atoms with Crippen LogP contribution in [0.5, 0.6) is 0 Å². The Morgan fingerprint density at radius 2 is 1.64 bits per heavy atom. The van der Waals surface area contributed by atoms with Crippen molar-refractivity contribution in [3.05, 3.63) is 87.7 Å². The van der Waals surface area contributed by atoms with Gasteiger partial charge in [0.25, 0.3) is 5.91 Å². The van der Waals surface area contributed by atoms with Gasteiger partial charge in [0.15, 0.2) is 5.69 Å². The van der Waals surface area contributed by atoms with Crippen molar-refractivity contribution in [1.82, 2.24) is 15.0 Å². The third-order valence-electron chi connectivity index (χ3n) is 5.11. The van der Waals surface area contributed by atoms with Crippen LogP contribution in [0, 0.1) is 6.92 Å². The third kappa shape index (κ3) is 4.03. The van der Waals surface area contributed by atoms with Crippen LogP contribution < -0.4 is 0 Å². The second kappa shape index (κ2) is 8.29. The average Bonchev–Trinajstić information content (AvgIpc) is 3.17. The molecular formula is C22H22BrN3O2. The van der Waals surface area contributed by atoms with Crippen LogP contribution in [0.2, 0.25) is 0 Å². The first-order valence-corrected chi connectivity index (χ1v) is 10.2. The van der Waals surface area contributed by atoms with Gasteiger partial charge in [-0.15, -0.1) is 0 Å². The molecule has 1 fully saturated rings. The van der Waals surface area contributed by atoms with E-state index >= 15 is 0 Å². The minimum Gasteiger partial charge on any atom is -0.361 e. The highest BCUT2D eigenvalue weighted by Gasteiger charge is 2.29. The van der Waals surface area contributed by atoms with Crippen molar-refractivity contribution in [3.8, 4) is 0 Å². The zero-order valence-electron chi connectivity index (χ0n) is 15.7. The van der Waals surface area contributed by atoms with Gasteiger partial charge in [-0.25, -0.2) is 0 Å². The Bertz CT molecular complexity index is 932. The number of piperazine rings is 1. The Labute approximate surface area is 173 Å². The molecule has 1 aliphatic rings. The molecule has 0 N–H and O–H groups in total. The second-order valence-electron chi connectivity index (χ2n) is 7.02. The predicted molar refractivity (Wildman–Crippen MR) is 111 cm³/mol. The molecule has 1 aromatic heterocycles. The normalized spacial score (nSPS) is 16.1. The van der Waals surface area contributed by atoms with Crippen molar-refractivity contribution in [1.29, 1.82) is 0 Å². The van der Waals surface area contributed by atoms with Gasteiger partial charge in [0.1, 0.15) is 5.76 Å². The van der Waals surface area contributed by atoms with Crippen LogP contribution in [-0.4, -0.2) is 47.0 Å². The minimum absolute atomic E-state index is 0.0589. The van der Waals surface area contributed by atoms with Crippen LogP contribution in [0.25, 0.3) is 0 Å². The highest BCUT2D eigenvalue weighted by Crippen LogP contribution is 2.30. The number of hydrogen-bond acceptors (Lipinski definition) is 4. The van der Waals surface area contributed by atoms with Gasteiger partial charge in [-0.3, -0.25) is 9.69 Å². The lowest BCUT2D eigenvalue weighted by molar-refractivity contribution is 0.0587. The predicted octanol–water partition coefficient (Wildman–Crippen LogP) is 4.29. The summed E-state index contributed by atoms with van der Waals surface area (Å²) in [4.78, 5) is 16.9. The zero-order valence-corrected chi connectivity index (χ0v) is 17.3. The van der Waals surface area contributed by atoms with E-state index in [2.05, 4.69) is 74.5 Å². The summed E-state index contributed by atoms with van der Waals surface area (Å²) in [6.45, 7) is 4.75. The smallest absolute Gasteiger partial charge is 0.276 e. The molecule has 28 heavy (non-hydrogen) atoms. The number of aryl methyl sites for hydroxylation is 1. The number of hydrogen-bond donors (Lipinski definition) is 0. The molecular weight excluding hydrogens is 418 g/mol. The number of rotatable bonds is 4. The van der Waals surface area contributed by atoms with E-state index in [0.717, 1.165) is 17.6 Å². The minimum atomic E-state index is -0.0589. The molecule has 1 unspecified atom stereocenters. The summed E-state index contributed by atoms with van der Waals surface area (Å²) < 4.78 is 6.12. The first-order valence-electron chi connectivity index (χ1n) is 9.39. The number of aromatic nitrogens is 1. The molecule has 1 amide bonds. The van der Waals surface area contributed by atoms with Crippen LogP contribution in [-0.2, 0) is 0 Å². The summed E-state index contributed by atoms with van der Waals surface area (Å²) >= 11 is 3.52. The van der Waals surface area contributed by atoms with Gasteiger partial charge in [0.2, 0.25) is 0 Å². The first kappa shape index (κ1) is 18.9. The summed E-state index contributed by atoms with van der Waals surface area (Å²) in [5.74, 6) is 0.595.